The monoisotopic (exact) mass is 360 g/mol. The van der Waals surface area contributed by atoms with Gasteiger partial charge >= 0.3 is 0 Å². The van der Waals surface area contributed by atoms with Gasteiger partial charge in [0.1, 0.15) is 28.1 Å². The summed E-state index contributed by atoms with van der Waals surface area (Å²) in [7, 11) is 13.1. The van der Waals surface area contributed by atoms with Crippen LogP contribution in [0.25, 0.3) is 0 Å². The van der Waals surface area contributed by atoms with Crippen LogP contribution in [0.4, 0.5) is 0 Å². The fourth-order valence-corrected chi connectivity index (χ4v) is 4.04. The lowest BCUT2D eigenvalue weighted by atomic mass is 9.96. The zero-order valence-electron chi connectivity index (χ0n) is 13.5. The summed E-state index contributed by atoms with van der Waals surface area (Å²) in [5.74, 6) is 0. The SMILES string of the molecule is [B]C1CC(OC)C(COP(O)(=S)COC2CC([B])OC2CC)O1. The van der Waals surface area contributed by atoms with E-state index in [4.69, 9.17) is 51.0 Å². The number of hydrogen-bond acceptors (Lipinski definition) is 6. The van der Waals surface area contributed by atoms with Gasteiger partial charge in [0.2, 0.25) is 6.49 Å². The molecule has 2 heterocycles. The van der Waals surface area contributed by atoms with Crippen molar-refractivity contribution >= 4 is 34.0 Å². The molecule has 0 saturated carbocycles. The highest BCUT2D eigenvalue weighted by atomic mass is 32.5. The molecule has 10 heteroatoms. The molecule has 4 radical (unpaired) electrons. The van der Waals surface area contributed by atoms with Gasteiger partial charge in [-0.3, -0.25) is 0 Å². The lowest BCUT2D eigenvalue weighted by Crippen LogP contribution is -2.28. The van der Waals surface area contributed by atoms with E-state index in [-0.39, 0.29) is 49.4 Å². The molecular formula is C13H23B2O6PS. The minimum Gasteiger partial charge on any atom is -0.382 e. The lowest BCUT2D eigenvalue weighted by Gasteiger charge is -2.24. The second-order valence-electron chi connectivity index (χ2n) is 5.85. The van der Waals surface area contributed by atoms with Crippen LogP contribution in [0.2, 0.25) is 0 Å². The molecule has 2 aliphatic rings. The Morgan fingerprint density at radius 3 is 2.39 bits per heavy atom. The number of methoxy groups -OCH3 is 1. The molecule has 0 bridgehead atoms. The lowest BCUT2D eigenvalue weighted by molar-refractivity contribution is -0.0199. The topological polar surface area (TPSA) is 66.4 Å². The average Bonchev–Trinajstić information content (AvgIpc) is 3.05. The summed E-state index contributed by atoms with van der Waals surface area (Å²) in [5.41, 5.74) is 0. The Morgan fingerprint density at radius 2 is 1.78 bits per heavy atom. The van der Waals surface area contributed by atoms with Gasteiger partial charge in [-0.1, -0.05) is 6.92 Å². The molecule has 2 aliphatic heterocycles. The quantitative estimate of drug-likeness (QED) is 0.504. The molecule has 2 rings (SSSR count). The molecule has 1 N–H and O–H groups in total. The first-order valence-corrected chi connectivity index (χ1v) is 10.6. The molecule has 2 saturated heterocycles. The van der Waals surface area contributed by atoms with Crippen LogP contribution in [0, 0.1) is 0 Å². The van der Waals surface area contributed by atoms with Crippen LogP contribution in [0.5, 0.6) is 0 Å². The van der Waals surface area contributed by atoms with Gasteiger partial charge < -0.3 is 28.4 Å². The van der Waals surface area contributed by atoms with Crippen LogP contribution in [0.3, 0.4) is 0 Å². The first-order chi connectivity index (χ1) is 10.8. The highest BCUT2D eigenvalue weighted by Crippen LogP contribution is 2.44. The second-order valence-corrected chi connectivity index (χ2v) is 9.35. The molecule has 7 unspecified atom stereocenters. The number of hydrogen-bond donors (Lipinski definition) is 1. The Balaban J connectivity index is 1.77. The van der Waals surface area contributed by atoms with Crippen molar-refractivity contribution in [3.05, 3.63) is 0 Å². The largest absolute Gasteiger partial charge is 0.382 e. The zero-order valence-corrected chi connectivity index (χ0v) is 15.2. The molecule has 128 valence electrons. The molecule has 0 aromatic carbocycles. The van der Waals surface area contributed by atoms with Crippen molar-refractivity contribution < 1.29 is 28.4 Å². The summed E-state index contributed by atoms with van der Waals surface area (Å²) in [5, 5.41) is 0. The van der Waals surface area contributed by atoms with E-state index in [1.165, 1.54) is 0 Å². The molecule has 0 aromatic heterocycles. The van der Waals surface area contributed by atoms with E-state index in [9.17, 15) is 4.89 Å². The van der Waals surface area contributed by atoms with Crippen LogP contribution in [0.15, 0.2) is 0 Å². The van der Waals surface area contributed by atoms with E-state index >= 15 is 0 Å². The fourth-order valence-electron chi connectivity index (χ4n) is 2.84. The summed E-state index contributed by atoms with van der Waals surface area (Å²) in [6.07, 6.45) is 1.17. The third-order valence-electron chi connectivity index (χ3n) is 4.06. The highest BCUT2D eigenvalue weighted by Gasteiger charge is 2.35. The summed E-state index contributed by atoms with van der Waals surface area (Å²) >= 11 is 5.14. The minimum atomic E-state index is -3.07. The van der Waals surface area contributed by atoms with Crippen molar-refractivity contribution in [1.82, 2.24) is 0 Å². The fraction of sp³-hybridized carbons (Fsp3) is 1.00. The van der Waals surface area contributed by atoms with E-state index in [1.807, 2.05) is 6.92 Å². The maximum atomic E-state index is 10.3. The molecule has 6 nitrogen and oxygen atoms in total. The average molecular weight is 360 g/mol. The van der Waals surface area contributed by atoms with Crippen LogP contribution < -0.4 is 0 Å². The van der Waals surface area contributed by atoms with E-state index in [0.717, 1.165) is 6.42 Å². The molecule has 7 atom stereocenters. The van der Waals surface area contributed by atoms with Gasteiger partial charge in [-0.15, -0.1) is 0 Å². The Morgan fingerprint density at radius 1 is 1.17 bits per heavy atom. The van der Waals surface area contributed by atoms with E-state index in [1.54, 1.807) is 7.11 Å². The molecule has 2 fully saturated rings. The molecule has 0 aliphatic carbocycles. The van der Waals surface area contributed by atoms with Crippen LogP contribution in [0.1, 0.15) is 26.2 Å². The molecule has 0 spiro atoms. The molecule has 0 amide bonds. The first-order valence-electron chi connectivity index (χ1n) is 7.77. The first kappa shape index (κ1) is 19.9. The Hall–Kier alpha value is 0.540. The van der Waals surface area contributed by atoms with Crippen molar-refractivity contribution in [1.29, 1.82) is 0 Å². The maximum absolute atomic E-state index is 10.3. The molecular weight excluding hydrogens is 337 g/mol. The van der Waals surface area contributed by atoms with E-state index < -0.39 is 6.49 Å². The third-order valence-corrected chi connectivity index (χ3v) is 5.72. The van der Waals surface area contributed by atoms with Crippen LogP contribution in [-0.2, 0) is 35.3 Å². The van der Waals surface area contributed by atoms with Crippen molar-refractivity contribution in [2.75, 3.05) is 20.1 Å². The van der Waals surface area contributed by atoms with Gasteiger partial charge in [0.05, 0.1) is 24.9 Å². The predicted molar refractivity (Wildman–Crippen MR) is 91.3 cm³/mol. The van der Waals surface area contributed by atoms with Crippen LogP contribution >= 0.6 is 6.49 Å². The standard InChI is InChI=1S/C13H23B2O6PS/c1-3-8-10(5-13(15)20-8)18-7-22(16,23)19-6-11-9(17-2)4-12(14)21-11/h8-13H,3-7H2,1-2H3,(H,16,23). The third kappa shape index (κ3) is 5.79. The van der Waals surface area contributed by atoms with Gasteiger partial charge in [0, 0.05) is 19.1 Å². The Kier molecular flexibility index (Phi) is 7.57. The Labute approximate surface area is 145 Å². The van der Waals surface area contributed by atoms with Crippen molar-refractivity contribution in [2.24, 2.45) is 0 Å². The van der Waals surface area contributed by atoms with Crippen molar-refractivity contribution in [3.63, 3.8) is 0 Å². The summed E-state index contributed by atoms with van der Waals surface area (Å²) in [6.45, 7) is -0.950. The number of rotatable bonds is 8. The van der Waals surface area contributed by atoms with Gasteiger partial charge in [-0.25, -0.2) is 0 Å². The molecule has 23 heavy (non-hydrogen) atoms. The van der Waals surface area contributed by atoms with Gasteiger partial charge in [-0.2, -0.15) is 0 Å². The Bertz CT molecular complexity index is 397. The molecule has 0 aromatic rings. The minimum absolute atomic E-state index is 0.0456. The summed E-state index contributed by atoms with van der Waals surface area (Å²) in [4.78, 5) is 10.3. The number of ether oxygens (including phenoxy) is 4. The predicted octanol–water partition coefficient (Wildman–Crippen LogP) is 0.639. The van der Waals surface area contributed by atoms with Crippen LogP contribution in [-0.4, -0.2) is 77.1 Å². The highest BCUT2D eigenvalue weighted by molar-refractivity contribution is 8.09. The van der Waals surface area contributed by atoms with Gasteiger partial charge in [-0.05, 0) is 31.1 Å². The van der Waals surface area contributed by atoms with Crippen molar-refractivity contribution in [2.45, 2.75) is 62.6 Å². The van der Waals surface area contributed by atoms with Crippen molar-refractivity contribution in [3.8, 4) is 0 Å². The maximum Gasteiger partial charge on any atom is 0.212 e. The van der Waals surface area contributed by atoms with Gasteiger partial charge in [0.25, 0.3) is 0 Å². The zero-order chi connectivity index (χ0) is 17.0. The second kappa shape index (κ2) is 8.77. The normalized spacial score (nSPS) is 40.3. The summed E-state index contributed by atoms with van der Waals surface area (Å²) < 4.78 is 27.5. The van der Waals surface area contributed by atoms with E-state index in [2.05, 4.69) is 0 Å². The summed E-state index contributed by atoms with van der Waals surface area (Å²) in [6, 6.07) is -0.720. The van der Waals surface area contributed by atoms with Gasteiger partial charge in [0.15, 0.2) is 0 Å². The van der Waals surface area contributed by atoms with E-state index in [0.29, 0.717) is 12.8 Å². The smallest absolute Gasteiger partial charge is 0.212 e.